The number of hydrogen-bond donors (Lipinski definition) is 2. The first kappa shape index (κ1) is 13.9. The fraction of sp³-hybridized carbons (Fsp3) is 0.500. The summed E-state index contributed by atoms with van der Waals surface area (Å²) < 4.78 is 4.95. The standard InChI is InChI=1S/C16H20N2O3/c19-15(17-12-5-3-1-2-4-6-12)10-11-7-8-14-13(9-11)18-16(20)21-14/h7-9,12H,1-6,10H2,(H,17,19)(H,18,20). The molecule has 1 fully saturated rings. The van der Waals surface area contributed by atoms with E-state index in [-0.39, 0.29) is 5.91 Å². The number of fused-ring (bicyclic) bond motifs is 1. The van der Waals surface area contributed by atoms with Crippen molar-refractivity contribution in [3.63, 3.8) is 0 Å². The fourth-order valence-corrected chi connectivity index (χ4v) is 3.00. The average Bonchev–Trinajstić information content (AvgIpc) is 2.64. The number of oxazole rings is 1. The van der Waals surface area contributed by atoms with E-state index in [0.717, 1.165) is 18.4 Å². The molecular weight excluding hydrogens is 268 g/mol. The van der Waals surface area contributed by atoms with Gasteiger partial charge in [-0.1, -0.05) is 31.7 Å². The summed E-state index contributed by atoms with van der Waals surface area (Å²) in [6.45, 7) is 0. The number of aromatic amines is 1. The molecule has 0 spiro atoms. The molecule has 3 rings (SSSR count). The van der Waals surface area contributed by atoms with Crippen molar-refractivity contribution in [1.82, 2.24) is 10.3 Å². The molecule has 112 valence electrons. The van der Waals surface area contributed by atoms with Crippen LogP contribution in [0, 0.1) is 0 Å². The van der Waals surface area contributed by atoms with Gasteiger partial charge in [0.25, 0.3) is 0 Å². The van der Waals surface area contributed by atoms with Gasteiger partial charge in [-0.05, 0) is 30.5 Å². The molecule has 0 aliphatic heterocycles. The van der Waals surface area contributed by atoms with Crippen molar-refractivity contribution >= 4 is 17.0 Å². The Morgan fingerprint density at radius 3 is 2.76 bits per heavy atom. The van der Waals surface area contributed by atoms with Crippen molar-refractivity contribution < 1.29 is 9.21 Å². The predicted molar refractivity (Wildman–Crippen MR) is 80.2 cm³/mol. The maximum absolute atomic E-state index is 12.1. The van der Waals surface area contributed by atoms with Crippen molar-refractivity contribution in [1.29, 1.82) is 0 Å². The minimum atomic E-state index is -0.468. The highest BCUT2D eigenvalue weighted by molar-refractivity contribution is 5.81. The van der Waals surface area contributed by atoms with E-state index in [2.05, 4.69) is 10.3 Å². The summed E-state index contributed by atoms with van der Waals surface area (Å²) >= 11 is 0. The zero-order valence-corrected chi connectivity index (χ0v) is 12.0. The van der Waals surface area contributed by atoms with E-state index >= 15 is 0 Å². The second-order valence-corrected chi connectivity index (χ2v) is 5.78. The molecule has 1 amide bonds. The Hall–Kier alpha value is -2.04. The van der Waals surface area contributed by atoms with Crippen LogP contribution in [-0.4, -0.2) is 16.9 Å². The molecule has 21 heavy (non-hydrogen) atoms. The number of aromatic nitrogens is 1. The fourth-order valence-electron chi connectivity index (χ4n) is 3.00. The number of H-pyrrole nitrogens is 1. The molecule has 1 aromatic carbocycles. The van der Waals surface area contributed by atoms with Crippen LogP contribution in [0.2, 0.25) is 0 Å². The summed E-state index contributed by atoms with van der Waals surface area (Å²) in [5.74, 6) is -0.419. The van der Waals surface area contributed by atoms with E-state index in [9.17, 15) is 9.59 Å². The topological polar surface area (TPSA) is 75.1 Å². The molecular formula is C16H20N2O3. The van der Waals surface area contributed by atoms with E-state index in [4.69, 9.17) is 4.42 Å². The zero-order valence-electron chi connectivity index (χ0n) is 12.0. The number of carbonyl (C=O) groups excluding carboxylic acids is 1. The lowest BCUT2D eigenvalue weighted by Crippen LogP contribution is -2.35. The summed E-state index contributed by atoms with van der Waals surface area (Å²) in [5, 5.41) is 3.13. The minimum Gasteiger partial charge on any atom is -0.408 e. The van der Waals surface area contributed by atoms with Crippen LogP contribution in [0.1, 0.15) is 44.1 Å². The molecule has 1 aliphatic rings. The molecule has 0 atom stereocenters. The molecule has 1 saturated carbocycles. The average molecular weight is 288 g/mol. The van der Waals surface area contributed by atoms with Crippen LogP contribution in [-0.2, 0) is 11.2 Å². The van der Waals surface area contributed by atoms with Crippen LogP contribution >= 0.6 is 0 Å². The quantitative estimate of drug-likeness (QED) is 0.852. The Kier molecular flexibility index (Phi) is 4.08. The molecule has 0 radical (unpaired) electrons. The van der Waals surface area contributed by atoms with Gasteiger partial charge in [0.1, 0.15) is 0 Å². The third kappa shape index (κ3) is 3.54. The largest absolute Gasteiger partial charge is 0.417 e. The summed E-state index contributed by atoms with van der Waals surface area (Å²) in [6, 6.07) is 5.66. The maximum atomic E-state index is 12.1. The molecule has 1 aromatic heterocycles. The van der Waals surface area contributed by atoms with Crippen LogP contribution in [0.15, 0.2) is 27.4 Å². The summed E-state index contributed by atoms with van der Waals surface area (Å²) in [5.41, 5.74) is 2.04. The second kappa shape index (κ2) is 6.16. The van der Waals surface area contributed by atoms with Gasteiger partial charge in [0.05, 0.1) is 11.9 Å². The second-order valence-electron chi connectivity index (χ2n) is 5.78. The maximum Gasteiger partial charge on any atom is 0.417 e. The number of benzene rings is 1. The van der Waals surface area contributed by atoms with Gasteiger partial charge in [0.15, 0.2) is 5.58 Å². The SMILES string of the molecule is O=C(Cc1ccc2oc(=O)[nH]c2c1)NC1CCCCCC1. The smallest absolute Gasteiger partial charge is 0.408 e. The van der Waals surface area contributed by atoms with Crippen LogP contribution in [0.4, 0.5) is 0 Å². The molecule has 1 heterocycles. The molecule has 2 N–H and O–H groups in total. The van der Waals surface area contributed by atoms with Crippen molar-refractivity contribution in [2.75, 3.05) is 0 Å². The lowest BCUT2D eigenvalue weighted by molar-refractivity contribution is -0.121. The molecule has 5 heteroatoms. The van der Waals surface area contributed by atoms with Gasteiger partial charge >= 0.3 is 5.76 Å². The summed E-state index contributed by atoms with van der Waals surface area (Å²) in [4.78, 5) is 25.9. The summed E-state index contributed by atoms with van der Waals surface area (Å²) in [6.07, 6.45) is 7.45. The summed E-state index contributed by atoms with van der Waals surface area (Å²) in [7, 11) is 0. The van der Waals surface area contributed by atoms with Gasteiger partial charge < -0.3 is 9.73 Å². The lowest BCUT2D eigenvalue weighted by atomic mass is 10.1. The van der Waals surface area contributed by atoms with Gasteiger partial charge in [0, 0.05) is 6.04 Å². The minimum absolute atomic E-state index is 0.0482. The highest BCUT2D eigenvalue weighted by atomic mass is 16.4. The van der Waals surface area contributed by atoms with E-state index in [1.807, 2.05) is 6.07 Å². The van der Waals surface area contributed by atoms with Crippen LogP contribution < -0.4 is 11.1 Å². The van der Waals surface area contributed by atoms with Crippen molar-refractivity contribution in [3.05, 3.63) is 34.3 Å². The molecule has 0 saturated heterocycles. The first-order valence-corrected chi connectivity index (χ1v) is 7.62. The van der Waals surface area contributed by atoms with Gasteiger partial charge in [-0.2, -0.15) is 0 Å². The van der Waals surface area contributed by atoms with Gasteiger partial charge in [-0.15, -0.1) is 0 Å². The third-order valence-corrected chi connectivity index (χ3v) is 4.07. The predicted octanol–water partition coefficient (Wildman–Crippen LogP) is 2.50. The highest BCUT2D eigenvalue weighted by Gasteiger charge is 2.15. The first-order valence-electron chi connectivity index (χ1n) is 7.62. The van der Waals surface area contributed by atoms with E-state index in [0.29, 0.717) is 23.6 Å². The van der Waals surface area contributed by atoms with Gasteiger partial charge in [0.2, 0.25) is 5.91 Å². The van der Waals surface area contributed by atoms with Gasteiger partial charge in [-0.3, -0.25) is 9.78 Å². The monoisotopic (exact) mass is 288 g/mol. The van der Waals surface area contributed by atoms with E-state index in [1.165, 1.54) is 25.7 Å². The Morgan fingerprint density at radius 1 is 1.24 bits per heavy atom. The molecule has 5 nitrogen and oxygen atoms in total. The molecule has 0 unspecified atom stereocenters. The first-order chi connectivity index (χ1) is 10.2. The normalized spacial score (nSPS) is 16.8. The van der Waals surface area contributed by atoms with Crippen LogP contribution in [0.3, 0.4) is 0 Å². The number of carbonyl (C=O) groups is 1. The van der Waals surface area contributed by atoms with Crippen molar-refractivity contribution in [2.24, 2.45) is 0 Å². The van der Waals surface area contributed by atoms with E-state index in [1.54, 1.807) is 12.1 Å². The number of rotatable bonds is 3. The highest BCUT2D eigenvalue weighted by Crippen LogP contribution is 2.17. The number of amides is 1. The van der Waals surface area contributed by atoms with Crippen molar-refractivity contribution in [2.45, 2.75) is 51.0 Å². The Bertz CT molecular complexity index is 678. The molecule has 2 aromatic rings. The van der Waals surface area contributed by atoms with Crippen molar-refractivity contribution in [3.8, 4) is 0 Å². The Morgan fingerprint density at radius 2 is 2.00 bits per heavy atom. The molecule has 1 aliphatic carbocycles. The Labute approximate surface area is 122 Å². The zero-order chi connectivity index (χ0) is 14.7. The number of hydrogen-bond acceptors (Lipinski definition) is 3. The van der Waals surface area contributed by atoms with E-state index < -0.39 is 5.76 Å². The number of nitrogens with one attached hydrogen (secondary N) is 2. The molecule has 0 bridgehead atoms. The van der Waals surface area contributed by atoms with Crippen LogP contribution in [0.5, 0.6) is 0 Å². The third-order valence-electron chi connectivity index (χ3n) is 4.07. The van der Waals surface area contributed by atoms with Gasteiger partial charge in [-0.25, -0.2) is 4.79 Å². The van der Waals surface area contributed by atoms with Crippen LogP contribution in [0.25, 0.3) is 11.1 Å². The Balaban J connectivity index is 1.63. The lowest BCUT2D eigenvalue weighted by Gasteiger charge is -2.16.